The Labute approximate surface area is 577 Å². The first-order chi connectivity index (χ1) is 49.9. The lowest BCUT2D eigenvalue weighted by atomic mass is 9.94. The van der Waals surface area contributed by atoms with Gasteiger partial charge >= 0.3 is 5.97 Å². The van der Waals surface area contributed by atoms with Gasteiger partial charge in [-0.05, 0) is 49.2 Å². The third kappa shape index (κ3) is 6.63. The number of amides is 7. The Morgan fingerprint density at radius 3 is 0.942 bits per heavy atom. The van der Waals surface area contributed by atoms with Crippen LogP contribution in [0.1, 0.15) is 124 Å². The van der Waals surface area contributed by atoms with Gasteiger partial charge in [0, 0.05) is 130 Å². The average Bonchev–Trinajstić information content (AvgIpc) is 1.51. The van der Waals surface area contributed by atoms with Crippen molar-refractivity contribution in [1.82, 2.24) is 48.7 Å². The molecule has 0 spiro atoms. The van der Waals surface area contributed by atoms with Crippen LogP contribution < -0.4 is 21.3 Å². The van der Waals surface area contributed by atoms with Gasteiger partial charge in [0.05, 0.1) is 97.8 Å². The van der Waals surface area contributed by atoms with Crippen LogP contribution >= 0.6 is 0 Å². The van der Waals surface area contributed by atoms with E-state index in [2.05, 4.69) is 35.0 Å². The van der Waals surface area contributed by atoms with E-state index in [4.69, 9.17) is 4.74 Å². The molecule has 3 saturated carbocycles. The van der Waals surface area contributed by atoms with Crippen LogP contribution in [0.3, 0.4) is 0 Å². The van der Waals surface area contributed by atoms with Crippen LogP contribution in [0.4, 0.5) is 0 Å². The summed E-state index contributed by atoms with van der Waals surface area (Å²) in [7, 11) is 2.83. The summed E-state index contributed by atoms with van der Waals surface area (Å²) in [5.41, 5.74) is 8.39. The first-order valence-corrected chi connectivity index (χ1v) is 34.3. The minimum absolute atomic E-state index is 0.162. The van der Waals surface area contributed by atoms with Crippen molar-refractivity contribution >= 4 is 178 Å². The Balaban J connectivity index is 0.0000000974. The predicted molar refractivity (Wildman–Crippen MR) is 379 cm³/mol. The monoisotopic (exact) mass is 1370 g/mol. The van der Waals surface area contributed by atoms with Crippen LogP contribution in [-0.4, -0.2) is 144 Å². The highest BCUT2D eigenvalue weighted by Crippen LogP contribution is 2.60. The largest absolute Gasteiger partial charge is 0.467 e. The number of aliphatic hydroxyl groups excluding tert-OH is 3. The fourth-order valence-electron chi connectivity index (χ4n) is 20.9. The number of nitrogens with zero attached hydrogens (tertiary/aromatic N) is 6. The van der Waals surface area contributed by atoms with E-state index in [0.29, 0.717) is 78.8 Å². The number of fused-ring (bicyclic) bond motifs is 39. The average molecular weight is 1370 g/mol. The van der Waals surface area contributed by atoms with Crippen molar-refractivity contribution in [3.8, 4) is 0 Å². The van der Waals surface area contributed by atoms with Gasteiger partial charge in [0.15, 0.2) is 11.2 Å². The molecule has 6 aromatic heterocycles. The minimum atomic E-state index is -1.74. The number of benzene rings is 9. The van der Waals surface area contributed by atoms with Gasteiger partial charge in [0.1, 0.15) is 18.3 Å². The maximum absolute atomic E-state index is 13.2. The van der Waals surface area contributed by atoms with E-state index >= 15 is 0 Å². The Hall–Kier alpha value is -12.1. The molecular weight excluding hydrogens is 1310 g/mol. The van der Waals surface area contributed by atoms with Crippen molar-refractivity contribution in [2.45, 2.75) is 91.4 Å². The summed E-state index contributed by atoms with van der Waals surface area (Å²) in [4.78, 5) is 105. The minimum Gasteiger partial charge on any atom is -0.467 e. The highest BCUT2D eigenvalue weighted by atomic mass is 16.5. The molecule has 0 saturated heterocycles. The van der Waals surface area contributed by atoms with E-state index < -0.39 is 95.1 Å². The molecule has 0 radical (unpaired) electrons. The van der Waals surface area contributed by atoms with Crippen LogP contribution in [0.25, 0.3) is 131 Å². The van der Waals surface area contributed by atoms with Gasteiger partial charge in [-0.15, -0.1) is 0 Å². The molecule has 11 atom stereocenters. The number of para-hydroxylation sites is 6. The molecule has 9 aromatic carbocycles. The molecule has 3 fully saturated rings. The topological polar surface area (TPSA) is 325 Å². The van der Waals surface area contributed by atoms with Crippen molar-refractivity contribution in [2.24, 2.45) is 0 Å². The molecule has 103 heavy (non-hydrogen) atoms. The summed E-state index contributed by atoms with van der Waals surface area (Å²) in [6.07, 6.45) is -2.01. The van der Waals surface area contributed by atoms with Crippen molar-refractivity contribution in [3.63, 3.8) is 0 Å². The fraction of sp³-hybridized carbons (Fsp3) is 0.215. The maximum atomic E-state index is 13.2. The van der Waals surface area contributed by atoms with Crippen molar-refractivity contribution in [3.05, 3.63) is 179 Å². The standard InChI is InChI=1S/C27H20N4O4.C27H19N3O5.C25H17N3O5/c1-28-26(34)27(35)11-12-10-17(27)31-16-9-5-3-7-14(16)19-21-20(24(32)29-25(21)33)18-13-6-2-4-8-15(13)30(12)22(18)23(19)31;1-35-26(33)27(34)11-12-10-17(27)30-16-9-5-3-7-14(16)19-21-20(24(31)28-25(21)32)18-13-6-2-4-8-15(13)29(12)22(18)23(19)30;29-21-19-22(30)23(31)20(21)28-12-8-4-2-6-10(12)14-16-15(24(32)26-25(16)33)13-9-5-1-3-7-11(9)27(19)17(13)18(14)28/h2-9,12,17,35H,10-11H2,1H3,(H,28,34)(H,29,32,33);2-9,12,17,34H,10-11H2,1H3,(H,28,31,32);1-8,19-23,29-31H,(H,26,32,33)/t2*12?,17?,27-;19?,20?,21?,22-,23+/m00./s1. The van der Waals surface area contributed by atoms with E-state index in [1.54, 1.807) is 7.05 Å². The lowest BCUT2D eigenvalue weighted by Crippen LogP contribution is -2.49. The van der Waals surface area contributed by atoms with Crippen LogP contribution in [0.5, 0.6) is 0 Å². The Morgan fingerprint density at radius 1 is 0.388 bits per heavy atom. The second-order valence-electron chi connectivity index (χ2n) is 28.9. The maximum Gasteiger partial charge on any atom is 0.340 e. The number of aromatic nitrogens is 6. The molecular formula is C79H56N10O14. The molecule has 7 amide bonds. The van der Waals surface area contributed by atoms with E-state index in [1.807, 2.05) is 159 Å². The number of aliphatic hydroxyl groups is 5. The number of hydrogen-bond acceptors (Lipinski definition) is 14. The van der Waals surface area contributed by atoms with Crippen molar-refractivity contribution in [2.75, 3.05) is 14.2 Å². The quantitative estimate of drug-likeness (QED) is 0.0577. The number of ether oxygens (including phenoxy) is 1. The van der Waals surface area contributed by atoms with Crippen LogP contribution in [0, 0.1) is 0 Å². The fourth-order valence-corrected chi connectivity index (χ4v) is 20.9. The third-order valence-electron chi connectivity index (χ3n) is 24.5. The third-order valence-corrected chi connectivity index (χ3v) is 24.5. The predicted octanol–water partition coefficient (Wildman–Crippen LogP) is 8.71. The van der Waals surface area contributed by atoms with Gasteiger partial charge in [0.25, 0.3) is 41.4 Å². The van der Waals surface area contributed by atoms with Gasteiger partial charge in [-0.2, -0.15) is 0 Å². The van der Waals surface area contributed by atoms with Crippen molar-refractivity contribution in [1.29, 1.82) is 0 Å². The van der Waals surface area contributed by atoms with Gasteiger partial charge in [0.2, 0.25) is 0 Å². The molecule has 6 aliphatic heterocycles. The number of likely N-dealkylation sites (N-methyl/N-ethyl adjacent to an activating group) is 1. The second-order valence-corrected chi connectivity index (χ2v) is 28.9. The summed E-state index contributed by atoms with van der Waals surface area (Å²) >= 11 is 0. The number of carbonyl (C=O) groups is 8. The summed E-state index contributed by atoms with van der Waals surface area (Å²) in [6.45, 7) is 0. The summed E-state index contributed by atoms with van der Waals surface area (Å²) in [5, 5.41) is 76.5. The molecule has 6 bridgehead atoms. The van der Waals surface area contributed by atoms with E-state index in [0.717, 1.165) is 98.3 Å². The molecule has 24 heteroatoms. The highest BCUT2D eigenvalue weighted by Gasteiger charge is 2.60. The zero-order valence-corrected chi connectivity index (χ0v) is 54.5. The smallest absolute Gasteiger partial charge is 0.340 e. The lowest BCUT2D eigenvalue weighted by Gasteiger charge is -2.31. The number of esters is 1. The Morgan fingerprint density at radius 2 is 0.641 bits per heavy atom. The van der Waals surface area contributed by atoms with Crippen LogP contribution in [-0.2, 0) is 14.3 Å². The lowest BCUT2D eigenvalue weighted by molar-refractivity contribution is -0.165. The number of carbonyl (C=O) groups excluding carboxylic acids is 8. The highest BCUT2D eigenvalue weighted by molar-refractivity contribution is 6.43. The molecule has 7 unspecified atom stereocenters. The molecule has 9 aliphatic rings. The van der Waals surface area contributed by atoms with E-state index in [9.17, 15) is 63.9 Å². The van der Waals surface area contributed by atoms with Gasteiger partial charge in [-0.3, -0.25) is 49.5 Å². The molecule has 506 valence electrons. The number of hydrogen-bond donors (Lipinski definition) is 9. The zero-order chi connectivity index (χ0) is 69.9. The molecule has 12 heterocycles. The number of rotatable bonds is 2. The summed E-state index contributed by atoms with van der Waals surface area (Å²) in [5.74, 6) is -3.61. The van der Waals surface area contributed by atoms with Crippen LogP contribution in [0.15, 0.2) is 146 Å². The first kappa shape index (κ1) is 58.7. The summed E-state index contributed by atoms with van der Waals surface area (Å²) in [6, 6.07) is 42.9. The van der Waals surface area contributed by atoms with Gasteiger partial charge in [-0.1, -0.05) is 109 Å². The number of imide groups is 3. The number of methoxy groups -OCH3 is 1. The Bertz CT molecular complexity index is 6360. The van der Waals surface area contributed by atoms with E-state index in [-0.39, 0.29) is 30.8 Å². The first-order valence-electron chi connectivity index (χ1n) is 34.3. The zero-order valence-electron chi connectivity index (χ0n) is 54.5. The van der Waals surface area contributed by atoms with Crippen LogP contribution in [0.2, 0.25) is 0 Å². The molecule has 24 nitrogen and oxygen atoms in total. The van der Waals surface area contributed by atoms with Gasteiger partial charge in [-0.25, -0.2) is 4.79 Å². The molecule has 24 rings (SSSR count). The normalized spacial score (nSPS) is 25.7. The Kier molecular flexibility index (Phi) is 11.0. The number of nitrogens with one attached hydrogen (secondary N) is 4. The second kappa shape index (κ2) is 19.3. The SMILES string of the molecule is CNC(=O)[C@]1(O)CC2CC1n1c3ccccc3c3c4c(c5c6ccccc6n2c5c31)C(=O)NC4=O.COC(=O)[C@]1(O)CC2CC1n1c3ccccc3c3c4c(c5c6ccccc6n2c5c31)C(=O)NC4=O.O=C1NC(=O)c2c1c1c3ccccc3n3c1c1c2c2ccccc2n1C1C(O)C3[C@@H](O)[C@H]1O. The van der Waals surface area contributed by atoms with Crippen molar-refractivity contribution < 1.29 is 68.6 Å². The summed E-state index contributed by atoms with van der Waals surface area (Å²) < 4.78 is 17.2. The van der Waals surface area contributed by atoms with Gasteiger partial charge < -0.3 is 63.0 Å². The molecule has 9 N–H and O–H groups in total. The molecule has 3 aliphatic carbocycles. The van der Waals surface area contributed by atoms with E-state index in [1.165, 1.54) is 7.11 Å². The molecule has 15 aromatic rings.